The molecule has 0 radical (unpaired) electrons. The van der Waals surface area contributed by atoms with Gasteiger partial charge in [-0.25, -0.2) is 9.97 Å². The summed E-state index contributed by atoms with van der Waals surface area (Å²) in [7, 11) is 0. The van der Waals surface area contributed by atoms with Gasteiger partial charge in [-0.3, -0.25) is 0 Å². The molecular formula is C11H10N4OS2. The zero-order valence-electron chi connectivity index (χ0n) is 9.88. The molecule has 18 heavy (non-hydrogen) atoms. The van der Waals surface area contributed by atoms with Gasteiger partial charge >= 0.3 is 0 Å². The van der Waals surface area contributed by atoms with Crippen molar-refractivity contribution in [2.45, 2.75) is 20.3 Å². The van der Waals surface area contributed by atoms with Crippen LogP contribution >= 0.6 is 22.7 Å². The number of hydrogen-bond donors (Lipinski definition) is 0. The molecule has 3 aromatic rings. The van der Waals surface area contributed by atoms with E-state index in [1.165, 1.54) is 11.3 Å². The largest absolute Gasteiger partial charge is 0.338 e. The first-order valence-electron chi connectivity index (χ1n) is 5.37. The molecule has 3 rings (SSSR count). The molecule has 0 spiro atoms. The molecule has 0 aliphatic carbocycles. The fourth-order valence-electron chi connectivity index (χ4n) is 1.51. The lowest BCUT2D eigenvalue weighted by Crippen LogP contribution is -1.89. The quantitative estimate of drug-likeness (QED) is 0.737. The van der Waals surface area contributed by atoms with Crippen LogP contribution in [-0.4, -0.2) is 20.1 Å². The SMILES string of the molecule is Cc1csc(-c2noc(Cc3csc(C)n3)n2)n1. The van der Waals surface area contributed by atoms with Gasteiger partial charge in [0, 0.05) is 16.5 Å². The molecule has 0 atom stereocenters. The topological polar surface area (TPSA) is 64.7 Å². The third kappa shape index (κ3) is 2.32. The van der Waals surface area contributed by atoms with E-state index in [0.717, 1.165) is 21.4 Å². The number of nitrogens with zero attached hydrogens (tertiary/aromatic N) is 4. The van der Waals surface area contributed by atoms with Gasteiger partial charge in [0.2, 0.25) is 11.7 Å². The van der Waals surface area contributed by atoms with Gasteiger partial charge in [0.1, 0.15) is 0 Å². The average Bonchev–Trinajstić information content (AvgIpc) is 3.01. The second kappa shape index (κ2) is 4.58. The van der Waals surface area contributed by atoms with E-state index in [2.05, 4.69) is 20.1 Å². The van der Waals surface area contributed by atoms with Crippen molar-refractivity contribution in [1.82, 2.24) is 20.1 Å². The third-order valence-electron chi connectivity index (χ3n) is 2.28. The molecule has 0 aliphatic rings. The molecule has 3 heterocycles. The van der Waals surface area contributed by atoms with Crippen molar-refractivity contribution in [1.29, 1.82) is 0 Å². The molecule has 7 heteroatoms. The molecule has 0 saturated carbocycles. The molecule has 3 aromatic heterocycles. The second-order valence-electron chi connectivity index (χ2n) is 3.84. The summed E-state index contributed by atoms with van der Waals surface area (Å²) in [6.45, 7) is 3.92. The Labute approximate surface area is 112 Å². The van der Waals surface area contributed by atoms with Gasteiger partial charge in [-0.15, -0.1) is 22.7 Å². The maximum Gasteiger partial charge on any atom is 0.233 e. The van der Waals surface area contributed by atoms with Gasteiger partial charge < -0.3 is 4.52 Å². The first-order chi connectivity index (χ1) is 8.70. The molecule has 0 unspecified atom stereocenters. The molecule has 0 amide bonds. The molecular weight excluding hydrogens is 268 g/mol. The molecule has 5 nitrogen and oxygen atoms in total. The summed E-state index contributed by atoms with van der Waals surface area (Å²) in [5.74, 6) is 1.12. The lowest BCUT2D eigenvalue weighted by atomic mass is 10.3. The Morgan fingerprint density at radius 2 is 2.00 bits per heavy atom. The van der Waals surface area contributed by atoms with Crippen LogP contribution < -0.4 is 0 Å². The van der Waals surface area contributed by atoms with Gasteiger partial charge in [-0.1, -0.05) is 5.16 Å². The van der Waals surface area contributed by atoms with E-state index >= 15 is 0 Å². The van der Waals surface area contributed by atoms with Gasteiger partial charge in [0.05, 0.1) is 17.1 Å². The van der Waals surface area contributed by atoms with Crippen LogP contribution in [0.15, 0.2) is 15.3 Å². The van der Waals surface area contributed by atoms with Gasteiger partial charge in [0.15, 0.2) is 5.01 Å². The van der Waals surface area contributed by atoms with Crippen LogP contribution in [0.2, 0.25) is 0 Å². The predicted molar refractivity (Wildman–Crippen MR) is 69.8 cm³/mol. The first kappa shape index (κ1) is 11.5. The molecule has 0 N–H and O–H groups in total. The number of rotatable bonds is 3. The summed E-state index contributed by atoms with van der Waals surface area (Å²) in [5.41, 5.74) is 1.93. The highest BCUT2D eigenvalue weighted by Gasteiger charge is 2.12. The van der Waals surface area contributed by atoms with Crippen LogP contribution in [0.3, 0.4) is 0 Å². The van der Waals surface area contributed by atoms with Gasteiger partial charge in [-0.05, 0) is 13.8 Å². The van der Waals surface area contributed by atoms with Crippen molar-refractivity contribution in [2.24, 2.45) is 0 Å². The van der Waals surface area contributed by atoms with Crippen molar-refractivity contribution < 1.29 is 4.52 Å². The maximum atomic E-state index is 5.21. The van der Waals surface area contributed by atoms with Crippen LogP contribution in [0.1, 0.15) is 22.3 Å². The van der Waals surface area contributed by atoms with E-state index < -0.39 is 0 Å². The van der Waals surface area contributed by atoms with Gasteiger partial charge in [0.25, 0.3) is 0 Å². The Kier molecular flexibility index (Phi) is 2.92. The summed E-state index contributed by atoms with van der Waals surface area (Å²) in [5, 5.41) is 9.75. The minimum Gasteiger partial charge on any atom is -0.338 e. The average molecular weight is 278 g/mol. The number of hydrogen-bond acceptors (Lipinski definition) is 7. The summed E-state index contributed by atoms with van der Waals surface area (Å²) >= 11 is 3.14. The highest BCUT2D eigenvalue weighted by molar-refractivity contribution is 7.13. The van der Waals surface area contributed by atoms with Crippen molar-refractivity contribution in [3.8, 4) is 10.8 Å². The summed E-state index contributed by atoms with van der Waals surface area (Å²) in [6, 6.07) is 0. The minimum absolute atomic E-state index is 0.551. The summed E-state index contributed by atoms with van der Waals surface area (Å²) in [4.78, 5) is 13.0. The number of aryl methyl sites for hydroxylation is 2. The van der Waals surface area contributed by atoms with Crippen LogP contribution in [0.25, 0.3) is 10.8 Å². The Balaban J connectivity index is 1.81. The Hall–Kier alpha value is -1.60. The molecule has 0 aromatic carbocycles. The fraction of sp³-hybridized carbons (Fsp3) is 0.273. The Morgan fingerprint density at radius 3 is 2.67 bits per heavy atom. The zero-order valence-corrected chi connectivity index (χ0v) is 11.5. The van der Waals surface area contributed by atoms with Crippen molar-refractivity contribution in [3.05, 3.63) is 33.0 Å². The highest BCUT2D eigenvalue weighted by Crippen LogP contribution is 2.21. The molecule has 92 valence electrons. The van der Waals surface area contributed by atoms with Crippen molar-refractivity contribution in [2.75, 3.05) is 0 Å². The fourth-order valence-corrected chi connectivity index (χ4v) is 2.85. The number of aromatic nitrogens is 4. The lowest BCUT2D eigenvalue weighted by Gasteiger charge is -1.87. The summed E-state index contributed by atoms with van der Waals surface area (Å²) in [6.07, 6.45) is 0.571. The molecule has 0 fully saturated rings. The second-order valence-corrected chi connectivity index (χ2v) is 5.76. The van der Waals surface area contributed by atoms with Crippen LogP contribution in [0.5, 0.6) is 0 Å². The first-order valence-corrected chi connectivity index (χ1v) is 7.13. The van der Waals surface area contributed by atoms with E-state index in [4.69, 9.17) is 4.52 Å². The number of thiazole rings is 2. The van der Waals surface area contributed by atoms with Gasteiger partial charge in [-0.2, -0.15) is 4.98 Å². The van der Waals surface area contributed by atoms with E-state index in [-0.39, 0.29) is 0 Å². The van der Waals surface area contributed by atoms with Crippen LogP contribution in [0, 0.1) is 13.8 Å². The zero-order chi connectivity index (χ0) is 12.5. The Morgan fingerprint density at radius 1 is 1.11 bits per heavy atom. The highest BCUT2D eigenvalue weighted by atomic mass is 32.1. The smallest absolute Gasteiger partial charge is 0.233 e. The van der Waals surface area contributed by atoms with E-state index in [9.17, 15) is 0 Å². The van der Waals surface area contributed by atoms with Crippen molar-refractivity contribution in [3.63, 3.8) is 0 Å². The lowest BCUT2D eigenvalue weighted by molar-refractivity contribution is 0.385. The van der Waals surface area contributed by atoms with E-state index in [1.54, 1.807) is 11.3 Å². The van der Waals surface area contributed by atoms with E-state index in [1.807, 2.05) is 24.6 Å². The molecule has 0 saturated heterocycles. The standard InChI is InChI=1S/C11H10N4OS2/c1-6-4-18-11(12-6)10-14-9(16-15-10)3-8-5-17-7(2)13-8/h4-5H,3H2,1-2H3. The maximum absolute atomic E-state index is 5.21. The predicted octanol–water partition coefficient (Wildman–Crippen LogP) is 2.86. The van der Waals surface area contributed by atoms with Crippen LogP contribution in [-0.2, 0) is 6.42 Å². The summed E-state index contributed by atoms with van der Waals surface area (Å²) < 4.78 is 5.21. The minimum atomic E-state index is 0.551. The molecule has 0 bridgehead atoms. The molecule has 0 aliphatic heterocycles. The van der Waals surface area contributed by atoms with E-state index in [0.29, 0.717) is 18.1 Å². The normalized spacial score (nSPS) is 11.0. The Bertz CT molecular complexity index is 670. The monoisotopic (exact) mass is 278 g/mol. The third-order valence-corrected chi connectivity index (χ3v) is 4.06. The van der Waals surface area contributed by atoms with Crippen LogP contribution in [0.4, 0.5) is 0 Å². The van der Waals surface area contributed by atoms with Crippen molar-refractivity contribution >= 4 is 22.7 Å².